The first kappa shape index (κ1) is 24.3. The Bertz CT molecular complexity index is 888. The van der Waals surface area contributed by atoms with Crippen LogP contribution in [0, 0.1) is 6.92 Å². The molecule has 1 N–H and O–H groups in total. The Morgan fingerprint density at radius 2 is 1.82 bits per heavy atom. The number of hydrogen-bond donors (Lipinski definition) is 1. The Kier molecular flexibility index (Phi) is 8.50. The molecule has 0 saturated carbocycles. The molecule has 7 heteroatoms. The standard InChI is InChI=1S/C26H35ClN2O4/c1-21-3-8-24(27)25(17-21)33-20-26(30)9-2-10-29(19-26)18-22-4-6-23(7-5-22)32-16-13-28-11-14-31-15-12-28/h3-8,17,30H,2,9-16,18-20H2,1H3. The minimum atomic E-state index is -0.881. The van der Waals surface area contributed by atoms with Crippen molar-refractivity contribution in [3.63, 3.8) is 0 Å². The molecule has 2 aliphatic rings. The third-order valence-electron chi connectivity index (χ3n) is 6.33. The molecule has 2 heterocycles. The second kappa shape index (κ2) is 11.5. The van der Waals surface area contributed by atoms with Crippen molar-refractivity contribution in [2.75, 3.05) is 59.2 Å². The Hall–Kier alpha value is -1.83. The third kappa shape index (κ3) is 7.33. The highest BCUT2D eigenvalue weighted by Crippen LogP contribution is 2.29. The smallest absolute Gasteiger partial charge is 0.138 e. The Labute approximate surface area is 202 Å². The molecule has 0 amide bonds. The predicted octanol–water partition coefficient (Wildman–Crippen LogP) is 3.77. The van der Waals surface area contributed by atoms with Gasteiger partial charge in [0.1, 0.15) is 30.3 Å². The van der Waals surface area contributed by atoms with Gasteiger partial charge >= 0.3 is 0 Å². The molecule has 0 aliphatic carbocycles. The maximum atomic E-state index is 11.1. The van der Waals surface area contributed by atoms with E-state index in [2.05, 4.69) is 21.9 Å². The molecule has 6 nitrogen and oxygen atoms in total. The summed E-state index contributed by atoms with van der Waals surface area (Å²) in [4.78, 5) is 4.66. The van der Waals surface area contributed by atoms with Gasteiger partial charge in [0, 0.05) is 32.7 Å². The second-order valence-corrected chi connectivity index (χ2v) is 9.61. The average molecular weight is 475 g/mol. The van der Waals surface area contributed by atoms with Gasteiger partial charge in [-0.15, -0.1) is 0 Å². The van der Waals surface area contributed by atoms with Crippen LogP contribution in [0.15, 0.2) is 42.5 Å². The van der Waals surface area contributed by atoms with Gasteiger partial charge in [-0.3, -0.25) is 9.80 Å². The van der Waals surface area contributed by atoms with Crippen LogP contribution >= 0.6 is 11.6 Å². The summed E-state index contributed by atoms with van der Waals surface area (Å²) in [6, 6.07) is 14.0. The van der Waals surface area contributed by atoms with Crippen LogP contribution in [0.3, 0.4) is 0 Å². The minimum absolute atomic E-state index is 0.239. The SMILES string of the molecule is Cc1ccc(Cl)c(OCC2(O)CCCN(Cc3ccc(OCCN4CCOCC4)cc3)C2)c1. The summed E-state index contributed by atoms with van der Waals surface area (Å²) < 4.78 is 17.2. The van der Waals surface area contributed by atoms with E-state index in [1.165, 1.54) is 5.56 Å². The van der Waals surface area contributed by atoms with Crippen LogP contribution in [0.5, 0.6) is 11.5 Å². The fourth-order valence-electron chi connectivity index (χ4n) is 4.46. The number of aryl methyl sites for hydroxylation is 1. The molecule has 2 aromatic carbocycles. The summed E-state index contributed by atoms with van der Waals surface area (Å²) in [5.74, 6) is 1.53. The summed E-state index contributed by atoms with van der Waals surface area (Å²) in [5, 5.41) is 11.7. The summed E-state index contributed by atoms with van der Waals surface area (Å²) in [5.41, 5.74) is 1.41. The molecule has 1 atom stereocenters. The maximum Gasteiger partial charge on any atom is 0.138 e. The van der Waals surface area contributed by atoms with Crippen LogP contribution in [0.2, 0.25) is 5.02 Å². The minimum Gasteiger partial charge on any atom is -0.492 e. The molecule has 0 spiro atoms. The summed E-state index contributed by atoms with van der Waals surface area (Å²) >= 11 is 6.24. The molecule has 0 aromatic heterocycles. The number of nitrogens with zero attached hydrogens (tertiary/aromatic N) is 2. The molecule has 4 rings (SSSR count). The molecule has 2 aromatic rings. The summed E-state index contributed by atoms with van der Waals surface area (Å²) in [6.07, 6.45) is 1.66. The number of β-amino-alcohol motifs (C(OH)–C–C–N with tert-alkyl or cyclic N) is 1. The van der Waals surface area contributed by atoms with Gasteiger partial charge in [0.05, 0.1) is 18.2 Å². The molecule has 0 radical (unpaired) electrons. The number of rotatable bonds is 9. The van der Waals surface area contributed by atoms with Crippen LogP contribution < -0.4 is 9.47 Å². The first-order valence-electron chi connectivity index (χ1n) is 11.8. The summed E-state index contributed by atoms with van der Waals surface area (Å²) in [6.45, 7) is 9.76. The lowest BCUT2D eigenvalue weighted by molar-refractivity contribution is -0.0621. The van der Waals surface area contributed by atoms with Gasteiger partial charge < -0.3 is 19.3 Å². The summed E-state index contributed by atoms with van der Waals surface area (Å²) in [7, 11) is 0. The van der Waals surface area contributed by atoms with E-state index in [0.717, 1.165) is 70.1 Å². The van der Waals surface area contributed by atoms with Gasteiger partial charge in [0.2, 0.25) is 0 Å². The number of ether oxygens (including phenoxy) is 3. The van der Waals surface area contributed by atoms with Gasteiger partial charge in [0.25, 0.3) is 0 Å². The van der Waals surface area contributed by atoms with Crippen molar-refractivity contribution in [2.24, 2.45) is 0 Å². The van der Waals surface area contributed by atoms with Crippen molar-refractivity contribution in [1.82, 2.24) is 9.80 Å². The average Bonchev–Trinajstić information content (AvgIpc) is 2.82. The predicted molar refractivity (Wildman–Crippen MR) is 130 cm³/mol. The number of hydrogen-bond acceptors (Lipinski definition) is 6. The first-order valence-corrected chi connectivity index (χ1v) is 12.2. The number of piperidine rings is 1. The zero-order valence-corrected chi connectivity index (χ0v) is 20.2. The molecule has 1 unspecified atom stereocenters. The zero-order valence-electron chi connectivity index (χ0n) is 19.5. The molecule has 2 fully saturated rings. The van der Waals surface area contributed by atoms with Gasteiger partial charge in [-0.05, 0) is 61.7 Å². The maximum absolute atomic E-state index is 11.1. The molecule has 0 bridgehead atoms. The highest BCUT2D eigenvalue weighted by molar-refractivity contribution is 6.32. The van der Waals surface area contributed by atoms with Crippen LogP contribution in [0.25, 0.3) is 0 Å². The van der Waals surface area contributed by atoms with E-state index >= 15 is 0 Å². The molecule has 2 aliphatic heterocycles. The van der Waals surface area contributed by atoms with Crippen LogP contribution in [-0.4, -0.2) is 79.7 Å². The second-order valence-electron chi connectivity index (χ2n) is 9.21. The molecular formula is C26H35ClN2O4. The lowest BCUT2D eigenvalue weighted by atomic mass is 9.93. The Morgan fingerprint density at radius 3 is 2.61 bits per heavy atom. The molecular weight excluding hydrogens is 440 g/mol. The van der Waals surface area contributed by atoms with Crippen molar-refractivity contribution < 1.29 is 19.3 Å². The number of benzene rings is 2. The van der Waals surface area contributed by atoms with Crippen LogP contribution in [0.4, 0.5) is 0 Å². The van der Waals surface area contributed by atoms with E-state index in [1.54, 1.807) is 0 Å². The van der Waals surface area contributed by atoms with Gasteiger partial charge in [-0.25, -0.2) is 0 Å². The number of aliphatic hydroxyl groups is 1. The Morgan fingerprint density at radius 1 is 1.03 bits per heavy atom. The molecule has 2 saturated heterocycles. The van der Waals surface area contributed by atoms with E-state index in [9.17, 15) is 5.11 Å². The molecule has 33 heavy (non-hydrogen) atoms. The van der Waals surface area contributed by atoms with Crippen molar-refractivity contribution in [2.45, 2.75) is 31.9 Å². The van der Waals surface area contributed by atoms with Crippen LogP contribution in [-0.2, 0) is 11.3 Å². The van der Waals surface area contributed by atoms with Crippen LogP contribution in [0.1, 0.15) is 24.0 Å². The number of morpholine rings is 1. The van der Waals surface area contributed by atoms with Gasteiger partial charge in [-0.2, -0.15) is 0 Å². The normalized spacial score (nSPS) is 22.3. The third-order valence-corrected chi connectivity index (χ3v) is 6.64. The highest BCUT2D eigenvalue weighted by Gasteiger charge is 2.34. The van der Waals surface area contributed by atoms with Gasteiger partial charge in [0.15, 0.2) is 0 Å². The highest BCUT2D eigenvalue weighted by atomic mass is 35.5. The van der Waals surface area contributed by atoms with Crippen molar-refractivity contribution in [3.8, 4) is 11.5 Å². The van der Waals surface area contributed by atoms with Gasteiger partial charge in [-0.1, -0.05) is 29.8 Å². The quantitative estimate of drug-likeness (QED) is 0.597. The fourth-order valence-corrected chi connectivity index (χ4v) is 4.63. The largest absolute Gasteiger partial charge is 0.492 e. The van der Waals surface area contributed by atoms with Crippen molar-refractivity contribution in [1.29, 1.82) is 0 Å². The van der Waals surface area contributed by atoms with E-state index in [0.29, 0.717) is 23.9 Å². The van der Waals surface area contributed by atoms with E-state index in [-0.39, 0.29) is 6.61 Å². The van der Waals surface area contributed by atoms with Crippen molar-refractivity contribution >= 4 is 11.6 Å². The Balaban J connectivity index is 1.24. The van der Waals surface area contributed by atoms with Crippen molar-refractivity contribution in [3.05, 3.63) is 58.6 Å². The fraction of sp³-hybridized carbons (Fsp3) is 0.538. The van der Waals surface area contributed by atoms with E-state index in [1.807, 2.05) is 37.3 Å². The first-order chi connectivity index (χ1) is 16.0. The number of halogens is 1. The van der Waals surface area contributed by atoms with E-state index in [4.69, 9.17) is 25.8 Å². The lowest BCUT2D eigenvalue weighted by Crippen LogP contribution is -2.51. The molecule has 180 valence electrons. The van der Waals surface area contributed by atoms with E-state index < -0.39 is 5.60 Å². The zero-order chi connectivity index (χ0) is 23.1. The topological polar surface area (TPSA) is 54.4 Å². The monoisotopic (exact) mass is 474 g/mol. The number of likely N-dealkylation sites (tertiary alicyclic amines) is 1. The lowest BCUT2D eigenvalue weighted by Gasteiger charge is -2.39.